The third-order valence-electron chi connectivity index (χ3n) is 4.24. The fourth-order valence-corrected chi connectivity index (χ4v) is 3.11. The maximum atomic E-state index is 3.77. The normalized spacial score (nSPS) is 31.1. The van der Waals surface area contributed by atoms with Crippen LogP contribution in [0.4, 0.5) is 0 Å². The molecule has 0 aromatic heterocycles. The van der Waals surface area contributed by atoms with Crippen LogP contribution in [0.5, 0.6) is 0 Å². The Balaban J connectivity index is 1.78. The van der Waals surface area contributed by atoms with Crippen molar-refractivity contribution in [2.45, 2.75) is 52.5 Å². The Morgan fingerprint density at radius 2 is 1.94 bits per heavy atom. The molecule has 1 heterocycles. The largest absolute Gasteiger partial charge is 0.312 e. The summed E-state index contributed by atoms with van der Waals surface area (Å²) in [6, 6.07) is 0.745. The van der Waals surface area contributed by atoms with Gasteiger partial charge in [0.25, 0.3) is 0 Å². The summed E-state index contributed by atoms with van der Waals surface area (Å²) >= 11 is 0. The van der Waals surface area contributed by atoms with E-state index in [0.717, 1.165) is 23.8 Å². The highest BCUT2D eigenvalue weighted by Crippen LogP contribution is 2.37. The quantitative estimate of drug-likeness (QED) is 0.765. The number of hydrogen-bond acceptors (Lipinski definition) is 2. The molecule has 1 aliphatic carbocycles. The van der Waals surface area contributed by atoms with Crippen LogP contribution in [0.15, 0.2) is 0 Å². The van der Waals surface area contributed by atoms with Gasteiger partial charge in [0.15, 0.2) is 0 Å². The molecular formula is C15H30N2. The molecule has 2 rings (SSSR count). The first-order chi connectivity index (χ1) is 8.17. The highest BCUT2D eigenvalue weighted by atomic mass is 15.2. The summed E-state index contributed by atoms with van der Waals surface area (Å²) in [7, 11) is 0. The van der Waals surface area contributed by atoms with E-state index in [-0.39, 0.29) is 0 Å². The van der Waals surface area contributed by atoms with Gasteiger partial charge in [-0.15, -0.1) is 0 Å². The van der Waals surface area contributed by atoms with E-state index in [0.29, 0.717) is 0 Å². The molecule has 2 nitrogen and oxygen atoms in total. The van der Waals surface area contributed by atoms with E-state index in [1.54, 1.807) is 0 Å². The van der Waals surface area contributed by atoms with Crippen LogP contribution in [-0.2, 0) is 0 Å². The van der Waals surface area contributed by atoms with E-state index in [9.17, 15) is 0 Å². The first-order valence-electron chi connectivity index (χ1n) is 7.63. The Morgan fingerprint density at radius 1 is 1.18 bits per heavy atom. The minimum Gasteiger partial charge on any atom is -0.312 e. The van der Waals surface area contributed by atoms with Crippen LogP contribution in [0.3, 0.4) is 0 Å². The SMILES string of the molecule is CCN1CC(CC2CC2)CC(NCC(C)C)C1. The van der Waals surface area contributed by atoms with E-state index in [2.05, 4.69) is 31.0 Å². The van der Waals surface area contributed by atoms with Gasteiger partial charge >= 0.3 is 0 Å². The first kappa shape index (κ1) is 13.4. The molecule has 17 heavy (non-hydrogen) atoms. The second-order valence-electron chi connectivity index (χ2n) is 6.63. The minimum atomic E-state index is 0.745. The topological polar surface area (TPSA) is 15.3 Å². The number of likely N-dealkylation sites (tertiary alicyclic amines) is 1. The smallest absolute Gasteiger partial charge is 0.0198 e. The number of likely N-dealkylation sites (N-methyl/N-ethyl adjacent to an activating group) is 1. The fourth-order valence-electron chi connectivity index (χ4n) is 3.11. The number of rotatable bonds is 6. The standard InChI is InChI=1S/C15H30N2/c1-4-17-10-14(7-13-5-6-13)8-15(11-17)16-9-12(2)3/h12-16H,4-11H2,1-3H3. The second-order valence-corrected chi connectivity index (χ2v) is 6.63. The molecule has 0 bridgehead atoms. The zero-order valence-corrected chi connectivity index (χ0v) is 11.9. The van der Waals surface area contributed by atoms with Gasteiger partial charge in [0.2, 0.25) is 0 Å². The average Bonchev–Trinajstić information content (AvgIpc) is 3.10. The average molecular weight is 238 g/mol. The molecule has 2 atom stereocenters. The zero-order chi connectivity index (χ0) is 12.3. The summed E-state index contributed by atoms with van der Waals surface area (Å²) in [5.41, 5.74) is 0. The Hall–Kier alpha value is -0.0800. The summed E-state index contributed by atoms with van der Waals surface area (Å²) in [6.45, 7) is 11.9. The van der Waals surface area contributed by atoms with E-state index in [1.807, 2.05) is 0 Å². The van der Waals surface area contributed by atoms with Gasteiger partial charge in [0.1, 0.15) is 0 Å². The third kappa shape index (κ3) is 4.59. The van der Waals surface area contributed by atoms with Crippen molar-refractivity contribution in [3.63, 3.8) is 0 Å². The summed E-state index contributed by atoms with van der Waals surface area (Å²) in [4.78, 5) is 2.65. The van der Waals surface area contributed by atoms with Crippen molar-refractivity contribution in [2.75, 3.05) is 26.2 Å². The summed E-state index contributed by atoms with van der Waals surface area (Å²) in [5, 5.41) is 3.77. The molecule has 0 radical (unpaired) electrons. The highest BCUT2D eigenvalue weighted by molar-refractivity contribution is 4.86. The molecule has 0 aromatic carbocycles. The lowest BCUT2D eigenvalue weighted by Crippen LogP contribution is -2.49. The van der Waals surface area contributed by atoms with Crippen molar-refractivity contribution in [1.82, 2.24) is 10.2 Å². The molecule has 2 fully saturated rings. The lowest BCUT2D eigenvalue weighted by Gasteiger charge is -2.38. The van der Waals surface area contributed by atoms with Gasteiger partial charge in [-0.05, 0) is 43.7 Å². The van der Waals surface area contributed by atoms with Crippen molar-refractivity contribution in [3.8, 4) is 0 Å². The Bertz CT molecular complexity index is 223. The molecule has 1 saturated heterocycles. The van der Waals surface area contributed by atoms with Crippen LogP contribution in [0.25, 0.3) is 0 Å². The first-order valence-corrected chi connectivity index (χ1v) is 7.63. The summed E-state index contributed by atoms with van der Waals surface area (Å²) in [5.74, 6) is 2.82. The molecule has 2 unspecified atom stereocenters. The van der Waals surface area contributed by atoms with Crippen LogP contribution in [0.2, 0.25) is 0 Å². The van der Waals surface area contributed by atoms with Crippen molar-refractivity contribution < 1.29 is 0 Å². The molecule has 1 saturated carbocycles. The predicted molar refractivity (Wildman–Crippen MR) is 74.2 cm³/mol. The number of nitrogens with zero attached hydrogens (tertiary/aromatic N) is 1. The van der Waals surface area contributed by atoms with Crippen LogP contribution in [0, 0.1) is 17.8 Å². The fraction of sp³-hybridized carbons (Fsp3) is 1.00. The number of nitrogens with one attached hydrogen (secondary N) is 1. The Kier molecular flexibility index (Phi) is 4.87. The van der Waals surface area contributed by atoms with Gasteiger partial charge in [0, 0.05) is 19.1 Å². The van der Waals surface area contributed by atoms with Gasteiger partial charge in [0.05, 0.1) is 0 Å². The third-order valence-corrected chi connectivity index (χ3v) is 4.24. The summed E-state index contributed by atoms with van der Waals surface area (Å²) < 4.78 is 0. The summed E-state index contributed by atoms with van der Waals surface area (Å²) in [6.07, 6.45) is 5.93. The molecule has 1 aliphatic heterocycles. The van der Waals surface area contributed by atoms with Gasteiger partial charge in [-0.1, -0.05) is 33.6 Å². The van der Waals surface area contributed by atoms with Crippen molar-refractivity contribution in [3.05, 3.63) is 0 Å². The van der Waals surface area contributed by atoms with E-state index in [1.165, 1.54) is 51.9 Å². The highest BCUT2D eigenvalue weighted by Gasteiger charge is 2.31. The number of hydrogen-bond donors (Lipinski definition) is 1. The number of piperidine rings is 1. The molecule has 2 aliphatic rings. The maximum absolute atomic E-state index is 3.77. The molecule has 0 amide bonds. The van der Waals surface area contributed by atoms with Gasteiger partial charge in [-0.3, -0.25) is 0 Å². The lowest BCUT2D eigenvalue weighted by molar-refractivity contribution is 0.137. The monoisotopic (exact) mass is 238 g/mol. The minimum absolute atomic E-state index is 0.745. The molecular weight excluding hydrogens is 208 g/mol. The van der Waals surface area contributed by atoms with Crippen molar-refractivity contribution >= 4 is 0 Å². The molecule has 100 valence electrons. The van der Waals surface area contributed by atoms with E-state index in [4.69, 9.17) is 0 Å². The maximum Gasteiger partial charge on any atom is 0.0198 e. The second kappa shape index (κ2) is 6.19. The van der Waals surface area contributed by atoms with Crippen LogP contribution < -0.4 is 5.32 Å². The Labute approximate surface area is 107 Å². The van der Waals surface area contributed by atoms with Crippen LogP contribution in [0.1, 0.15) is 46.5 Å². The molecule has 0 aromatic rings. The van der Waals surface area contributed by atoms with E-state index < -0.39 is 0 Å². The van der Waals surface area contributed by atoms with Gasteiger partial charge in [-0.25, -0.2) is 0 Å². The van der Waals surface area contributed by atoms with E-state index >= 15 is 0 Å². The predicted octanol–water partition coefficient (Wildman–Crippen LogP) is 2.74. The van der Waals surface area contributed by atoms with Crippen LogP contribution in [-0.4, -0.2) is 37.1 Å². The van der Waals surface area contributed by atoms with Crippen LogP contribution >= 0.6 is 0 Å². The zero-order valence-electron chi connectivity index (χ0n) is 11.9. The molecule has 0 spiro atoms. The van der Waals surface area contributed by atoms with Crippen molar-refractivity contribution in [2.24, 2.45) is 17.8 Å². The van der Waals surface area contributed by atoms with Gasteiger partial charge in [-0.2, -0.15) is 0 Å². The molecule has 1 N–H and O–H groups in total. The van der Waals surface area contributed by atoms with Crippen molar-refractivity contribution in [1.29, 1.82) is 0 Å². The molecule has 2 heteroatoms. The lowest BCUT2D eigenvalue weighted by atomic mass is 9.89. The van der Waals surface area contributed by atoms with Gasteiger partial charge < -0.3 is 10.2 Å². The Morgan fingerprint density at radius 3 is 2.53 bits per heavy atom.